The Morgan fingerprint density at radius 2 is 1.55 bits per heavy atom. The fourth-order valence-corrected chi connectivity index (χ4v) is 4.64. The molecule has 0 saturated heterocycles. The highest BCUT2D eigenvalue weighted by Crippen LogP contribution is 2.43. The van der Waals surface area contributed by atoms with Crippen LogP contribution in [-0.4, -0.2) is 12.9 Å². The van der Waals surface area contributed by atoms with Crippen molar-refractivity contribution in [2.45, 2.75) is 112 Å². The second-order valence-corrected chi connectivity index (χ2v) is 11.5. The minimum atomic E-state index is -0.194. The van der Waals surface area contributed by atoms with Gasteiger partial charge in [0.05, 0.1) is 6.61 Å². The lowest BCUT2D eigenvalue weighted by atomic mass is 9.69. The topological polar surface area (TPSA) is 18.5 Å². The van der Waals surface area contributed by atoms with Gasteiger partial charge in [-0.1, -0.05) is 85.8 Å². The zero-order valence-corrected chi connectivity index (χ0v) is 20.2. The first-order chi connectivity index (χ1) is 13.5. The first-order valence-electron chi connectivity index (χ1n) is 11.9. The highest BCUT2D eigenvalue weighted by molar-refractivity contribution is 5.30. The average molecular weight is 403 g/mol. The molecule has 1 aliphatic rings. The molecule has 1 aliphatic carbocycles. The van der Waals surface area contributed by atoms with E-state index in [0.717, 1.165) is 24.7 Å². The molecule has 166 valence electrons. The quantitative estimate of drug-likeness (QED) is 0.305. The van der Waals surface area contributed by atoms with E-state index in [1.807, 2.05) is 6.92 Å². The Morgan fingerprint density at radius 1 is 0.931 bits per heavy atom. The van der Waals surface area contributed by atoms with Gasteiger partial charge in [0, 0.05) is 0 Å². The van der Waals surface area contributed by atoms with Crippen molar-refractivity contribution >= 4 is 0 Å². The molecule has 0 heterocycles. The van der Waals surface area contributed by atoms with Gasteiger partial charge in [-0.25, -0.2) is 0 Å². The number of hydrogen-bond donors (Lipinski definition) is 0. The van der Waals surface area contributed by atoms with Crippen LogP contribution in [0.15, 0.2) is 24.3 Å². The van der Waals surface area contributed by atoms with Crippen LogP contribution in [0.25, 0.3) is 0 Å². The molecule has 2 atom stereocenters. The third-order valence-corrected chi connectivity index (χ3v) is 6.28. The molecule has 2 rings (SSSR count). The minimum Gasteiger partial charge on any atom is -0.465 e. The van der Waals surface area contributed by atoms with Crippen LogP contribution in [-0.2, 0) is 4.74 Å². The smallest absolute Gasteiger partial charge is 0.196 e. The summed E-state index contributed by atoms with van der Waals surface area (Å²) in [5.74, 6) is 2.36. The molecule has 0 amide bonds. The zero-order valence-electron chi connectivity index (χ0n) is 20.2. The monoisotopic (exact) mass is 402 g/mol. The maximum atomic E-state index is 6.01. The summed E-state index contributed by atoms with van der Waals surface area (Å²) < 4.78 is 11.9. The average Bonchev–Trinajstić information content (AvgIpc) is 2.63. The summed E-state index contributed by atoms with van der Waals surface area (Å²) in [6.07, 6.45) is 10.6. The van der Waals surface area contributed by atoms with Crippen molar-refractivity contribution in [3.8, 4) is 5.75 Å². The van der Waals surface area contributed by atoms with E-state index >= 15 is 0 Å². The van der Waals surface area contributed by atoms with E-state index in [0.29, 0.717) is 11.3 Å². The molecule has 0 bridgehead atoms. The largest absolute Gasteiger partial charge is 0.465 e. The summed E-state index contributed by atoms with van der Waals surface area (Å²) in [4.78, 5) is 0. The van der Waals surface area contributed by atoms with Crippen molar-refractivity contribution in [1.29, 1.82) is 0 Å². The molecular formula is C27H46O2. The third kappa shape index (κ3) is 9.11. The van der Waals surface area contributed by atoms with E-state index < -0.39 is 0 Å². The van der Waals surface area contributed by atoms with Crippen LogP contribution in [0, 0.1) is 16.7 Å². The SMILES string of the molecule is CC(OCCCC1CCCCC1)Oc1ccc(C(CC(C)(C)C)C(C)(C)C)cc1. The number of benzene rings is 1. The fourth-order valence-electron chi connectivity index (χ4n) is 4.64. The Balaban J connectivity index is 1.80. The van der Waals surface area contributed by atoms with Gasteiger partial charge in [-0.05, 0) is 66.5 Å². The van der Waals surface area contributed by atoms with Gasteiger partial charge in [-0.15, -0.1) is 0 Å². The number of rotatable bonds is 9. The highest BCUT2D eigenvalue weighted by Gasteiger charge is 2.30. The van der Waals surface area contributed by atoms with Crippen molar-refractivity contribution in [1.82, 2.24) is 0 Å². The summed E-state index contributed by atoms with van der Waals surface area (Å²) in [6, 6.07) is 8.71. The molecule has 0 aliphatic heterocycles. The molecular weight excluding hydrogens is 356 g/mol. The van der Waals surface area contributed by atoms with E-state index in [1.165, 1.54) is 50.5 Å². The van der Waals surface area contributed by atoms with E-state index in [1.54, 1.807) is 0 Å². The van der Waals surface area contributed by atoms with Gasteiger partial charge in [-0.3, -0.25) is 0 Å². The molecule has 0 spiro atoms. The summed E-state index contributed by atoms with van der Waals surface area (Å²) in [5, 5.41) is 0. The number of hydrogen-bond acceptors (Lipinski definition) is 2. The van der Waals surface area contributed by atoms with Crippen molar-refractivity contribution in [3.63, 3.8) is 0 Å². The lowest BCUT2D eigenvalue weighted by Crippen LogP contribution is -2.23. The van der Waals surface area contributed by atoms with Crippen LogP contribution in [0.5, 0.6) is 5.75 Å². The first kappa shape index (κ1) is 24.3. The first-order valence-corrected chi connectivity index (χ1v) is 11.9. The van der Waals surface area contributed by atoms with Crippen molar-refractivity contribution in [3.05, 3.63) is 29.8 Å². The predicted octanol–water partition coefficient (Wildman–Crippen LogP) is 8.35. The van der Waals surface area contributed by atoms with Crippen LogP contribution < -0.4 is 4.74 Å². The molecule has 0 radical (unpaired) electrons. The van der Waals surface area contributed by atoms with Crippen molar-refractivity contribution < 1.29 is 9.47 Å². The van der Waals surface area contributed by atoms with E-state index in [9.17, 15) is 0 Å². The van der Waals surface area contributed by atoms with E-state index in [-0.39, 0.29) is 11.7 Å². The van der Waals surface area contributed by atoms with Gasteiger partial charge in [0.25, 0.3) is 0 Å². The Hall–Kier alpha value is -1.02. The van der Waals surface area contributed by atoms with Gasteiger partial charge < -0.3 is 9.47 Å². The Morgan fingerprint density at radius 3 is 2.10 bits per heavy atom. The van der Waals surface area contributed by atoms with Crippen LogP contribution in [0.3, 0.4) is 0 Å². The van der Waals surface area contributed by atoms with Gasteiger partial charge in [0.2, 0.25) is 0 Å². The molecule has 2 unspecified atom stereocenters. The summed E-state index contributed by atoms with van der Waals surface area (Å²) in [6.45, 7) is 16.8. The summed E-state index contributed by atoms with van der Waals surface area (Å²) in [7, 11) is 0. The lowest BCUT2D eigenvalue weighted by molar-refractivity contribution is -0.0685. The number of ether oxygens (including phenoxy) is 2. The van der Waals surface area contributed by atoms with Crippen LogP contribution in [0.4, 0.5) is 0 Å². The summed E-state index contributed by atoms with van der Waals surface area (Å²) >= 11 is 0. The van der Waals surface area contributed by atoms with Crippen molar-refractivity contribution in [2.24, 2.45) is 16.7 Å². The van der Waals surface area contributed by atoms with Crippen molar-refractivity contribution in [2.75, 3.05) is 6.61 Å². The molecule has 1 aromatic rings. The zero-order chi connectivity index (χ0) is 21.5. The van der Waals surface area contributed by atoms with E-state index in [4.69, 9.17) is 9.47 Å². The third-order valence-electron chi connectivity index (χ3n) is 6.28. The Labute approximate surface area is 180 Å². The Bertz CT molecular complexity index is 570. The van der Waals surface area contributed by atoms with Gasteiger partial charge in [-0.2, -0.15) is 0 Å². The fraction of sp³-hybridized carbons (Fsp3) is 0.778. The maximum absolute atomic E-state index is 6.01. The molecule has 0 aromatic heterocycles. The molecule has 1 saturated carbocycles. The Kier molecular flexibility index (Phi) is 9.07. The predicted molar refractivity (Wildman–Crippen MR) is 125 cm³/mol. The summed E-state index contributed by atoms with van der Waals surface area (Å²) in [5.41, 5.74) is 1.96. The second-order valence-electron chi connectivity index (χ2n) is 11.5. The molecule has 2 nitrogen and oxygen atoms in total. The standard InChI is InChI=1S/C27H46O2/c1-21(28-19-11-14-22-12-9-8-10-13-22)29-24-17-15-23(16-18-24)25(27(5,6)7)20-26(2,3)4/h15-18,21-22,25H,8-14,19-20H2,1-7H3. The normalized spacial score (nSPS) is 18.4. The molecule has 1 aromatic carbocycles. The molecule has 0 N–H and O–H groups in total. The van der Waals surface area contributed by atoms with Gasteiger partial charge >= 0.3 is 0 Å². The maximum Gasteiger partial charge on any atom is 0.196 e. The van der Waals surface area contributed by atoms with Gasteiger partial charge in [0.1, 0.15) is 5.75 Å². The highest BCUT2D eigenvalue weighted by atomic mass is 16.7. The lowest BCUT2D eigenvalue weighted by Gasteiger charge is -2.36. The molecule has 29 heavy (non-hydrogen) atoms. The van der Waals surface area contributed by atoms with E-state index in [2.05, 4.69) is 65.8 Å². The van der Waals surface area contributed by atoms with Crippen LogP contribution in [0.1, 0.15) is 111 Å². The minimum absolute atomic E-state index is 0.194. The molecule has 2 heteroatoms. The van der Waals surface area contributed by atoms with Gasteiger partial charge in [0.15, 0.2) is 6.29 Å². The second kappa shape index (κ2) is 10.8. The molecule has 1 fully saturated rings. The van der Waals surface area contributed by atoms with Crippen LogP contribution in [0.2, 0.25) is 0 Å². The van der Waals surface area contributed by atoms with Crippen LogP contribution >= 0.6 is 0 Å².